The summed E-state index contributed by atoms with van der Waals surface area (Å²) in [6, 6.07) is 2.98. The Bertz CT molecular complexity index is 759. The monoisotopic (exact) mass is 343 g/mol. The first-order valence-corrected chi connectivity index (χ1v) is 8.68. The predicted octanol–water partition coefficient (Wildman–Crippen LogP) is 1.15. The van der Waals surface area contributed by atoms with E-state index in [4.69, 9.17) is 0 Å². The Labute approximate surface area is 147 Å². The van der Waals surface area contributed by atoms with Crippen molar-refractivity contribution >= 4 is 5.91 Å². The quantitative estimate of drug-likeness (QED) is 0.884. The average molecular weight is 343 g/mol. The molecule has 1 unspecified atom stereocenters. The van der Waals surface area contributed by atoms with Gasteiger partial charge in [-0.1, -0.05) is 0 Å². The van der Waals surface area contributed by atoms with Gasteiger partial charge in [-0.05, 0) is 33.0 Å². The molecule has 7 nitrogen and oxygen atoms in total. The zero-order valence-electron chi connectivity index (χ0n) is 14.8. The Morgan fingerprint density at radius 1 is 1.40 bits per heavy atom. The van der Waals surface area contributed by atoms with E-state index in [9.17, 15) is 9.59 Å². The van der Waals surface area contributed by atoms with Gasteiger partial charge < -0.3 is 19.4 Å². The Hall–Kier alpha value is -2.41. The Morgan fingerprint density at radius 3 is 2.96 bits per heavy atom. The van der Waals surface area contributed by atoms with Crippen molar-refractivity contribution in [1.29, 1.82) is 0 Å². The fourth-order valence-corrected chi connectivity index (χ4v) is 3.28. The van der Waals surface area contributed by atoms with Crippen LogP contribution in [0.5, 0.6) is 0 Å². The highest BCUT2D eigenvalue weighted by Gasteiger charge is 2.28. The Balaban J connectivity index is 1.71. The van der Waals surface area contributed by atoms with Crippen LogP contribution < -0.4 is 5.56 Å². The summed E-state index contributed by atoms with van der Waals surface area (Å²) in [4.78, 5) is 35.0. The van der Waals surface area contributed by atoms with Crippen LogP contribution in [0, 0.1) is 0 Å². The van der Waals surface area contributed by atoms with Crippen LogP contribution in [0.1, 0.15) is 34.9 Å². The van der Waals surface area contributed by atoms with Crippen LogP contribution in [0.25, 0.3) is 0 Å². The molecular weight excluding hydrogens is 318 g/mol. The van der Waals surface area contributed by atoms with Crippen LogP contribution >= 0.6 is 0 Å². The summed E-state index contributed by atoms with van der Waals surface area (Å²) < 4.78 is 2.19. The summed E-state index contributed by atoms with van der Waals surface area (Å²) in [7, 11) is 4.11. The molecule has 134 valence electrons. The summed E-state index contributed by atoms with van der Waals surface area (Å²) in [5.74, 6) is 1.27. The van der Waals surface area contributed by atoms with E-state index in [0.29, 0.717) is 12.1 Å². The fourth-order valence-electron chi connectivity index (χ4n) is 3.28. The van der Waals surface area contributed by atoms with Crippen LogP contribution in [0.3, 0.4) is 0 Å². The predicted molar refractivity (Wildman–Crippen MR) is 95.7 cm³/mol. The standard InChI is InChI=1S/C18H25N5O2/c1-21(2)10-11-22-9-7-19-17(22)15-4-3-8-23(13-15)18(25)14-5-6-16(24)20-12-14/h5-7,9,12,15H,3-4,8,10-11,13H2,1-2H3,(H,20,24). The van der Waals surface area contributed by atoms with E-state index >= 15 is 0 Å². The van der Waals surface area contributed by atoms with Crippen molar-refractivity contribution in [3.05, 3.63) is 52.5 Å². The topological polar surface area (TPSA) is 74.2 Å². The normalized spacial score (nSPS) is 17.9. The lowest BCUT2D eigenvalue weighted by atomic mass is 9.96. The molecule has 0 aliphatic carbocycles. The zero-order valence-corrected chi connectivity index (χ0v) is 14.8. The maximum atomic E-state index is 12.7. The van der Waals surface area contributed by atoms with Crippen molar-refractivity contribution in [2.24, 2.45) is 0 Å². The number of likely N-dealkylation sites (tertiary alicyclic amines) is 1. The molecule has 1 N–H and O–H groups in total. The smallest absolute Gasteiger partial charge is 0.255 e. The van der Waals surface area contributed by atoms with Gasteiger partial charge in [0, 0.05) is 56.8 Å². The molecule has 1 saturated heterocycles. The van der Waals surface area contributed by atoms with Crippen molar-refractivity contribution in [2.75, 3.05) is 33.7 Å². The van der Waals surface area contributed by atoms with Gasteiger partial charge >= 0.3 is 0 Å². The van der Waals surface area contributed by atoms with Crippen LogP contribution in [-0.4, -0.2) is 64.0 Å². The lowest BCUT2D eigenvalue weighted by Crippen LogP contribution is -2.40. The number of hydrogen-bond donors (Lipinski definition) is 1. The second-order valence-electron chi connectivity index (χ2n) is 6.81. The maximum Gasteiger partial charge on any atom is 0.255 e. The van der Waals surface area contributed by atoms with Gasteiger partial charge in [-0.2, -0.15) is 0 Å². The first kappa shape index (κ1) is 17.4. The SMILES string of the molecule is CN(C)CCn1ccnc1C1CCCN(C(=O)c2ccc(=O)[nH]c2)C1. The molecule has 0 radical (unpaired) electrons. The van der Waals surface area contributed by atoms with E-state index in [1.807, 2.05) is 17.3 Å². The number of rotatable bonds is 5. The van der Waals surface area contributed by atoms with Gasteiger partial charge in [0.25, 0.3) is 5.91 Å². The summed E-state index contributed by atoms with van der Waals surface area (Å²) in [5.41, 5.74) is 0.326. The molecule has 0 bridgehead atoms. The number of carbonyl (C=O) groups is 1. The number of carbonyl (C=O) groups excluding carboxylic acids is 1. The second kappa shape index (κ2) is 7.65. The molecular formula is C18H25N5O2. The highest BCUT2D eigenvalue weighted by atomic mass is 16.2. The van der Waals surface area contributed by atoms with Gasteiger partial charge in [0.05, 0.1) is 5.56 Å². The van der Waals surface area contributed by atoms with Gasteiger partial charge in [-0.3, -0.25) is 9.59 Å². The number of hydrogen-bond acceptors (Lipinski definition) is 4. The molecule has 1 aliphatic rings. The van der Waals surface area contributed by atoms with Crippen molar-refractivity contribution in [3.63, 3.8) is 0 Å². The number of aromatic amines is 1. The molecule has 0 aromatic carbocycles. The molecule has 3 heterocycles. The first-order chi connectivity index (χ1) is 12.0. The molecule has 3 rings (SSSR count). The van der Waals surface area contributed by atoms with Crippen LogP contribution in [0.15, 0.2) is 35.5 Å². The summed E-state index contributed by atoms with van der Waals surface area (Å²) >= 11 is 0. The highest BCUT2D eigenvalue weighted by Crippen LogP contribution is 2.26. The lowest BCUT2D eigenvalue weighted by molar-refractivity contribution is 0.0702. The van der Waals surface area contributed by atoms with E-state index in [1.165, 1.54) is 12.3 Å². The molecule has 0 saturated carbocycles. The molecule has 1 aliphatic heterocycles. The second-order valence-corrected chi connectivity index (χ2v) is 6.81. The number of piperidine rings is 1. The fraction of sp³-hybridized carbons (Fsp3) is 0.500. The average Bonchev–Trinajstić information content (AvgIpc) is 3.09. The molecule has 7 heteroatoms. The van der Waals surface area contributed by atoms with Gasteiger partial charge in [-0.15, -0.1) is 0 Å². The van der Waals surface area contributed by atoms with Gasteiger partial charge in [-0.25, -0.2) is 4.98 Å². The van der Waals surface area contributed by atoms with Crippen molar-refractivity contribution in [1.82, 2.24) is 24.3 Å². The third kappa shape index (κ3) is 4.17. The van der Waals surface area contributed by atoms with Crippen molar-refractivity contribution < 1.29 is 4.79 Å². The zero-order chi connectivity index (χ0) is 17.8. The van der Waals surface area contributed by atoms with Gasteiger partial charge in [0.2, 0.25) is 5.56 Å². The minimum atomic E-state index is -0.198. The van der Waals surface area contributed by atoms with E-state index in [2.05, 4.69) is 33.5 Å². The van der Waals surface area contributed by atoms with E-state index in [-0.39, 0.29) is 17.4 Å². The maximum absolute atomic E-state index is 12.7. The number of nitrogens with one attached hydrogen (secondary N) is 1. The van der Waals surface area contributed by atoms with Gasteiger partial charge in [0.1, 0.15) is 5.82 Å². The molecule has 1 amide bonds. The van der Waals surface area contributed by atoms with E-state index in [1.54, 1.807) is 6.07 Å². The summed E-state index contributed by atoms with van der Waals surface area (Å²) in [5, 5.41) is 0. The molecule has 25 heavy (non-hydrogen) atoms. The van der Waals surface area contributed by atoms with Crippen LogP contribution in [-0.2, 0) is 6.54 Å². The number of aromatic nitrogens is 3. The van der Waals surface area contributed by atoms with Crippen molar-refractivity contribution in [2.45, 2.75) is 25.3 Å². The lowest BCUT2D eigenvalue weighted by Gasteiger charge is -2.32. The van der Waals surface area contributed by atoms with E-state index in [0.717, 1.165) is 38.3 Å². The highest BCUT2D eigenvalue weighted by molar-refractivity contribution is 5.93. The van der Waals surface area contributed by atoms with Crippen LogP contribution in [0.2, 0.25) is 0 Å². The van der Waals surface area contributed by atoms with Gasteiger partial charge in [0.15, 0.2) is 0 Å². The third-order valence-electron chi connectivity index (χ3n) is 4.64. The van der Waals surface area contributed by atoms with Crippen LogP contribution in [0.4, 0.5) is 0 Å². The summed E-state index contributed by atoms with van der Waals surface area (Å²) in [6.45, 7) is 3.26. The molecule has 1 atom stereocenters. The molecule has 0 spiro atoms. The Kier molecular flexibility index (Phi) is 5.33. The largest absolute Gasteiger partial charge is 0.338 e. The third-order valence-corrected chi connectivity index (χ3v) is 4.64. The number of H-pyrrole nitrogens is 1. The van der Waals surface area contributed by atoms with Crippen molar-refractivity contribution in [3.8, 4) is 0 Å². The first-order valence-electron chi connectivity index (χ1n) is 8.68. The number of amides is 1. The van der Waals surface area contributed by atoms with E-state index < -0.39 is 0 Å². The number of likely N-dealkylation sites (N-methyl/N-ethyl adjacent to an activating group) is 1. The molecule has 2 aromatic rings. The minimum absolute atomic E-state index is 0.0349. The summed E-state index contributed by atoms with van der Waals surface area (Å²) in [6.07, 6.45) is 7.34. The molecule has 1 fully saturated rings. The molecule has 2 aromatic heterocycles. The number of pyridine rings is 1. The number of nitrogens with zero attached hydrogens (tertiary/aromatic N) is 4. The number of imidazole rings is 1. The minimum Gasteiger partial charge on any atom is -0.338 e. The Morgan fingerprint density at radius 2 is 2.24 bits per heavy atom.